The highest BCUT2D eigenvalue weighted by atomic mass is 32.1. The van der Waals surface area contributed by atoms with Crippen LogP contribution in [0.5, 0.6) is 0 Å². The van der Waals surface area contributed by atoms with E-state index in [9.17, 15) is 14.4 Å². The number of ether oxygens (including phenoxy) is 1. The van der Waals surface area contributed by atoms with Crippen LogP contribution >= 0.6 is 11.3 Å². The first-order valence-electron chi connectivity index (χ1n) is 14.0. The van der Waals surface area contributed by atoms with Crippen LogP contribution in [0, 0.1) is 0 Å². The molecule has 2 aromatic carbocycles. The van der Waals surface area contributed by atoms with Gasteiger partial charge in [-0.2, -0.15) is 5.10 Å². The summed E-state index contributed by atoms with van der Waals surface area (Å²) < 4.78 is 4.97. The van der Waals surface area contributed by atoms with Gasteiger partial charge in [-0.1, -0.05) is 65.9 Å². The van der Waals surface area contributed by atoms with Crippen LogP contribution in [-0.2, 0) is 51.2 Å². The summed E-state index contributed by atoms with van der Waals surface area (Å²) in [6.07, 6.45) is 4.67. The fourth-order valence-corrected chi connectivity index (χ4v) is 5.04. The minimum atomic E-state index is -0.227. The number of rotatable bonds is 15. The van der Waals surface area contributed by atoms with E-state index in [1.54, 1.807) is 13.0 Å². The van der Waals surface area contributed by atoms with Gasteiger partial charge >= 0.3 is 5.97 Å². The van der Waals surface area contributed by atoms with E-state index >= 15 is 0 Å². The van der Waals surface area contributed by atoms with Gasteiger partial charge in [0.05, 0.1) is 25.1 Å². The van der Waals surface area contributed by atoms with Crippen LogP contribution in [0.4, 0.5) is 10.9 Å². The summed E-state index contributed by atoms with van der Waals surface area (Å²) in [5, 5.41) is 23.7. The molecule has 0 aliphatic heterocycles. The number of hydrogen-bond acceptors (Lipinski definition) is 9. The minimum Gasteiger partial charge on any atom is -0.466 e. The first-order valence-corrected chi connectivity index (χ1v) is 14.8. The van der Waals surface area contributed by atoms with Crippen molar-refractivity contribution in [1.82, 2.24) is 20.4 Å². The van der Waals surface area contributed by atoms with Crippen molar-refractivity contribution in [2.75, 3.05) is 17.2 Å². The maximum absolute atomic E-state index is 12.5. The molecule has 2 aromatic heterocycles. The molecule has 42 heavy (non-hydrogen) atoms. The molecule has 0 aliphatic carbocycles. The van der Waals surface area contributed by atoms with Crippen molar-refractivity contribution < 1.29 is 19.1 Å². The lowest BCUT2D eigenvalue weighted by Crippen LogP contribution is -2.16. The van der Waals surface area contributed by atoms with Crippen LogP contribution in [-0.4, -0.2) is 44.8 Å². The van der Waals surface area contributed by atoms with Gasteiger partial charge < -0.3 is 15.4 Å². The zero-order chi connectivity index (χ0) is 29.6. The van der Waals surface area contributed by atoms with E-state index in [1.165, 1.54) is 11.3 Å². The van der Waals surface area contributed by atoms with Crippen molar-refractivity contribution in [2.24, 2.45) is 0 Å². The molecule has 4 rings (SSSR count). The lowest BCUT2D eigenvalue weighted by atomic mass is 10.0. The predicted molar refractivity (Wildman–Crippen MR) is 161 cm³/mol. The zero-order valence-electron chi connectivity index (χ0n) is 23.5. The van der Waals surface area contributed by atoms with E-state index in [1.807, 2.05) is 60.7 Å². The van der Waals surface area contributed by atoms with Gasteiger partial charge in [-0.3, -0.25) is 14.4 Å². The number of aromatic nitrogens is 4. The first kappa shape index (κ1) is 30.4. The van der Waals surface area contributed by atoms with Gasteiger partial charge in [0.1, 0.15) is 5.01 Å². The molecule has 0 aliphatic rings. The fourth-order valence-electron chi connectivity index (χ4n) is 4.24. The Bertz CT molecular complexity index is 1460. The largest absolute Gasteiger partial charge is 0.466 e. The highest BCUT2D eigenvalue weighted by Gasteiger charge is 2.10. The molecule has 4 aromatic rings. The topological polar surface area (TPSA) is 136 Å². The van der Waals surface area contributed by atoms with Gasteiger partial charge in [0.2, 0.25) is 16.9 Å². The van der Waals surface area contributed by atoms with E-state index in [2.05, 4.69) is 31.0 Å². The monoisotopic (exact) mass is 586 g/mol. The molecule has 11 heteroatoms. The summed E-state index contributed by atoms with van der Waals surface area (Å²) in [5.74, 6) is -0.126. The second kappa shape index (κ2) is 16.1. The molecule has 0 atom stereocenters. The molecule has 218 valence electrons. The van der Waals surface area contributed by atoms with Gasteiger partial charge in [0.15, 0.2) is 5.82 Å². The summed E-state index contributed by atoms with van der Waals surface area (Å²) >= 11 is 1.39. The number of carbonyl (C=O) groups is 3. The third kappa shape index (κ3) is 10.5. The highest BCUT2D eigenvalue weighted by Crippen LogP contribution is 2.18. The van der Waals surface area contributed by atoms with E-state index < -0.39 is 0 Å². The van der Waals surface area contributed by atoms with Crippen molar-refractivity contribution >= 4 is 40.1 Å². The third-order valence-electron chi connectivity index (χ3n) is 6.26. The lowest BCUT2D eigenvalue weighted by Gasteiger charge is -2.07. The number of nitrogens with one attached hydrogen (secondary N) is 2. The van der Waals surface area contributed by atoms with Crippen molar-refractivity contribution in [1.29, 1.82) is 0 Å². The summed E-state index contributed by atoms with van der Waals surface area (Å²) in [4.78, 5) is 36.4. The molecule has 0 spiro atoms. The number of carbonyl (C=O) groups excluding carboxylic acids is 3. The molecule has 0 saturated carbocycles. The molecule has 0 unspecified atom stereocenters. The van der Waals surface area contributed by atoms with Gasteiger partial charge in [-0.25, -0.2) is 0 Å². The second-order valence-corrected chi connectivity index (χ2v) is 10.7. The standard InChI is InChI=1S/C31H34N6O4S/c1-2-41-30(40)18-15-23-11-8-12-24(19-23)21-27(38)32-26-17-16-25(34-35-26)13-6-7-14-29-36-37-31(42-29)33-28(39)20-22-9-4-3-5-10-22/h3-5,8-12,16-17,19H,2,6-7,13-15,18,20-21H2,1H3,(H,32,35,38)(H,33,37,39). The van der Waals surface area contributed by atoms with Crippen LogP contribution in [0.2, 0.25) is 0 Å². The van der Waals surface area contributed by atoms with Crippen molar-refractivity contribution in [3.05, 3.63) is 94.1 Å². The maximum Gasteiger partial charge on any atom is 0.306 e. The molecule has 0 saturated heterocycles. The Balaban J connectivity index is 1.14. The van der Waals surface area contributed by atoms with Gasteiger partial charge in [0.25, 0.3) is 0 Å². The molecule has 2 heterocycles. The molecule has 0 fully saturated rings. The zero-order valence-corrected chi connectivity index (χ0v) is 24.4. The predicted octanol–water partition coefficient (Wildman–Crippen LogP) is 4.75. The van der Waals surface area contributed by atoms with Crippen molar-refractivity contribution in [3.8, 4) is 0 Å². The average molecular weight is 587 g/mol. The molecule has 0 bridgehead atoms. The Labute approximate surface area is 249 Å². The maximum atomic E-state index is 12.5. The Morgan fingerprint density at radius 1 is 0.738 bits per heavy atom. The summed E-state index contributed by atoms with van der Waals surface area (Å²) in [6.45, 7) is 2.15. The molecule has 2 N–H and O–H groups in total. The van der Waals surface area contributed by atoms with Crippen LogP contribution in [0.15, 0.2) is 66.7 Å². The smallest absolute Gasteiger partial charge is 0.306 e. The molecular formula is C31H34N6O4S. The molecular weight excluding hydrogens is 552 g/mol. The third-order valence-corrected chi connectivity index (χ3v) is 7.16. The Morgan fingerprint density at radius 3 is 2.26 bits per heavy atom. The number of unbranched alkanes of at least 4 members (excludes halogenated alkanes) is 1. The quantitative estimate of drug-likeness (QED) is 0.150. The van der Waals surface area contributed by atoms with Crippen LogP contribution < -0.4 is 10.6 Å². The number of nitrogens with zero attached hydrogens (tertiary/aromatic N) is 4. The van der Waals surface area contributed by atoms with Crippen molar-refractivity contribution in [3.63, 3.8) is 0 Å². The lowest BCUT2D eigenvalue weighted by molar-refractivity contribution is -0.143. The summed E-state index contributed by atoms with van der Waals surface area (Å²) in [7, 11) is 0. The Kier molecular flexibility index (Phi) is 11.6. The number of anilines is 2. The highest BCUT2D eigenvalue weighted by molar-refractivity contribution is 7.15. The van der Waals surface area contributed by atoms with Gasteiger partial charge in [-0.15, -0.1) is 15.3 Å². The number of hydrogen-bond donors (Lipinski definition) is 2. The minimum absolute atomic E-state index is 0.112. The normalized spacial score (nSPS) is 10.7. The number of aryl methyl sites for hydroxylation is 3. The second-order valence-electron chi connectivity index (χ2n) is 9.68. The van der Waals surface area contributed by atoms with Gasteiger partial charge in [-0.05, 0) is 61.4 Å². The SMILES string of the molecule is CCOC(=O)CCc1cccc(CC(=O)Nc2ccc(CCCCc3nnc(NC(=O)Cc4ccccc4)s3)nn2)c1. The van der Waals surface area contributed by atoms with Crippen LogP contribution in [0.1, 0.15) is 53.6 Å². The average Bonchev–Trinajstić information content (AvgIpc) is 3.42. The van der Waals surface area contributed by atoms with E-state index in [0.29, 0.717) is 36.8 Å². The summed E-state index contributed by atoms with van der Waals surface area (Å²) in [5.41, 5.74) is 3.63. The number of esters is 1. The van der Waals surface area contributed by atoms with Crippen LogP contribution in [0.25, 0.3) is 0 Å². The molecule has 2 amide bonds. The summed E-state index contributed by atoms with van der Waals surface area (Å²) in [6, 6.07) is 20.8. The van der Waals surface area contributed by atoms with Crippen molar-refractivity contribution in [2.45, 2.75) is 58.3 Å². The van der Waals surface area contributed by atoms with Crippen LogP contribution in [0.3, 0.4) is 0 Å². The van der Waals surface area contributed by atoms with E-state index in [4.69, 9.17) is 4.74 Å². The molecule has 10 nitrogen and oxygen atoms in total. The fraction of sp³-hybridized carbons (Fsp3) is 0.323. The van der Waals surface area contributed by atoms with E-state index in [-0.39, 0.29) is 24.2 Å². The van der Waals surface area contributed by atoms with E-state index in [0.717, 1.165) is 53.1 Å². The number of amides is 2. The molecule has 0 radical (unpaired) electrons. The Morgan fingerprint density at radius 2 is 1.48 bits per heavy atom. The Hall–Kier alpha value is -4.51. The first-order chi connectivity index (χ1) is 20.5. The van der Waals surface area contributed by atoms with Gasteiger partial charge in [0, 0.05) is 12.8 Å². The number of benzene rings is 2.